The van der Waals surface area contributed by atoms with Gasteiger partial charge in [0.05, 0.1) is 11.0 Å². The van der Waals surface area contributed by atoms with E-state index in [0.717, 1.165) is 17.7 Å². The van der Waals surface area contributed by atoms with Gasteiger partial charge in [-0.25, -0.2) is 0 Å². The van der Waals surface area contributed by atoms with Crippen LogP contribution in [0.5, 0.6) is 11.5 Å². The molecule has 0 aromatic heterocycles. The van der Waals surface area contributed by atoms with Crippen molar-refractivity contribution in [3.63, 3.8) is 0 Å². The van der Waals surface area contributed by atoms with E-state index >= 15 is 0 Å². The highest BCUT2D eigenvalue weighted by Crippen LogP contribution is 2.37. The van der Waals surface area contributed by atoms with Gasteiger partial charge in [0, 0.05) is 29.4 Å². The van der Waals surface area contributed by atoms with Crippen molar-refractivity contribution in [1.82, 2.24) is 0 Å². The number of nitrogens with one attached hydrogen (secondary N) is 1. The Labute approximate surface area is 118 Å². The highest BCUT2D eigenvalue weighted by Gasteiger charge is 2.25. The molecule has 0 saturated heterocycles. The summed E-state index contributed by atoms with van der Waals surface area (Å²) < 4.78 is 19.0. The summed E-state index contributed by atoms with van der Waals surface area (Å²) in [6.45, 7) is 0.331. The van der Waals surface area contributed by atoms with Crippen LogP contribution in [0.2, 0.25) is 0 Å². The summed E-state index contributed by atoms with van der Waals surface area (Å²) in [7, 11) is 0. The number of rotatable bonds is 3. The average molecular weight is 290 g/mol. The topological polar surface area (TPSA) is 84.6 Å². The van der Waals surface area contributed by atoms with E-state index in [1.807, 2.05) is 0 Å². The number of hydrogen-bond donors (Lipinski definition) is 2. The zero-order valence-corrected chi connectivity index (χ0v) is 10.7. The summed E-state index contributed by atoms with van der Waals surface area (Å²) in [6.07, 6.45) is 0. The van der Waals surface area contributed by atoms with Crippen LogP contribution in [-0.4, -0.2) is 16.6 Å². The van der Waals surface area contributed by atoms with Crippen molar-refractivity contribution in [3.8, 4) is 11.5 Å². The fourth-order valence-electron chi connectivity index (χ4n) is 2.26. The van der Waals surface area contributed by atoms with E-state index in [9.17, 15) is 19.6 Å². The van der Waals surface area contributed by atoms with Gasteiger partial charge in [0.25, 0.3) is 0 Å². The normalized spacial score (nSPS) is 16.1. The largest absolute Gasteiger partial charge is 0.508 e. The van der Waals surface area contributed by atoms with Gasteiger partial charge in [0.1, 0.15) is 18.1 Å². The Hall–Kier alpha value is -2.83. The van der Waals surface area contributed by atoms with Gasteiger partial charge < -0.3 is 15.2 Å². The molecule has 1 heterocycles. The molecule has 1 atom stereocenters. The first-order chi connectivity index (χ1) is 10.0. The smallest absolute Gasteiger partial charge is 0.304 e. The van der Waals surface area contributed by atoms with E-state index in [0.29, 0.717) is 18.0 Å². The van der Waals surface area contributed by atoms with E-state index < -0.39 is 16.4 Å². The van der Waals surface area contributed by atoms with Crippen molar-refractivity contribution in [2.45, 2.75) is 6.04 Å². The molecule has 2 aromatic carbocycles. The van der Waals surface area contributed by atoms with E-state index in [2.05, 4.69) is 5.32 Å². The van der Waals surface area contributed by atoms with Gasteiger partial charge in [-0.2, -0.15) is 4.39 Å². The number of phenols is 1. The first-order valence-corrected chi connectivity index (χ1v) is 6.21. The minimum atomic E-state index is -0.894. The van der Waals surface area contributed by atoms with Crippen molar-refractivity contribution < 1.29 is 19.2 Å². The SMILES string of the molecule is O=[N+]([O-])c1ccc(NC2COc3cc(O)ccc32)cc1F. The second kappa shape index (κ2) is 4.93. The van der Waals surface area contributed by atoms with Gasteiger partial charge in [-0.15, -0.1) is 0 Å². The van der Waals surface area contributed by atoms with Crippen LogP contribution in [0.3, 0.4) is 0 Å². The summed E-state index contributed by atoms with van der Waals surface area (Å²) in [6, 6.07) is 8.20. The number of nitrogens with zero attached hydrogens (tertiary/aromatic N) is 1. The molecule has 0 radical (unpaired) electrons. The van der Waals surface area contributed by atoms with Crippen molar-refractivity contribution in [2.75, 3.05) is 11.9 Å². The number of halogens is 1. The van der Waals surface area contributed by atoms with Crippen LogP contribution in [-0.2, 0) is 0 Å². The lowest BCUT2D eigenvalue weighted by Gasteiger charge is -2.13. The van der Waals surface area contributed by atoms with E-state index in [-0.39, 0.29) is 11.8 Å². The number of nitro benzene ring substituents is 1. The number of fused-ring (bicyclic) bond motifs is 1. The lowest BCUT2D eigenvalue weighted by molar-refractivity contribution is -0.387. The molecule has 0 aliphatic carbocycles. The lowest BCUT2D eigenvalue weighted by Crippen LogP contribution is -2.12. The van der Waals surface area contributed by atoms with Gasteiger partial charge in [0.2, 0.25) is 5.82 Å². The quantitative estimate of drug-likeness (QED) is 0.670. The fraction of sp³-hybridized carbons (Fsp3) is 0.143. The maximum Gasteiger partial charge on any atom is 0.304 e. The summed E-state index contributed by atoms with van der Waals surface area (Å²) in [5, 5.41) is 23.0. The summed E-state index contributed by atoms with van der Waals surface area (Å²) in [4.78, 5) is 9.81. The third-order valence-electron chi connectivity index (χ3n) is 3.26. The Morgan fingerprint density at radius 3 is 2.86 bits per heavy atom. The molecule has 2 aromatic rings. The summed E-state index contributed by atoms with van der Waals surface area (Å²) in [5.41, 5.74) is 0.702. The van der Waals surface area contributed by atoms with Gasteiger partial charge in [-0.05, 0) is 18.2 Å². The summed E-state index contributed by atoms with van der Waals surface area (Å²) in [5.74, 6) is -0.222. The second-order valence-electron chi connectivity index (χ2n) is 4.65. The molecule has 0 spiro atoms. The van der Waals surface area contributed by atoms with Crippen LogP contribution >= 0.6 is 0 Å². The fourth-order valence-corrected chi connectivity index (χ4v) is 2.26. The molecule has 0 saturated carbocycles. The maximum atomic E-state index is 13.6. The molecule has 2 N–H and O–H groups in total. The first-order valence-electron chi connectivity index (χ1n) is 6.21. The number of nitro groups is 1. The zero-order valence-electron chi connectivity index (χ0n) is 10.7. The van der Waals surface area contributed by atoms with Crippen molar-refractivity contribution >= 4 is 11.4 Å². The zero-order chi connectivity index (χ0) is 15.0. The molecule has 21 heavy (non-hydrogen) atoms. The molecular weight excluding hydrogens is 279 g/mol. The Bertz CT molecular complexity index is 720. The monoisotopic (exact) mass is 290 g/mol. The highest BCUT2D eigenvalue weighted by atomic mass is 19.1. The molecular formula is C14H11FN2O4. The Kier molecular flexibility index (Phi) is 3.09. The van der Waals surface area contributed by atoms with Crippen molar-refractivity contribution in [1.29, 1.82) is 0 Å². The Morgan fingerprint density at radius 1 is 1.33 bits per heavy atom. The van der Waals surface area contributed by atoms with Crippen LogP contribution in [0, 0.1) is 15.9 Å². The van der Waals surface area contributed by atoms with Crippen LogP contribution in [0.25, 0.3) is 0 Å². The minimum absolute atomic E-state index is 0.107. The second-order valence-corrected chi connectivity index (χ2v) is 4.65. The number of aromatic hydroxyl groups is 1. The minimum Gasteiger partial charge on any atom is -0.508 e. The van der Waals surface area contributed by atoms with Gasteiger partial charge in [0.15, 0.2) is 0 Å². The average Bonchev–Trinajstić information content (AvgIpc) is 2.80. The molecule has 0 fully saturated rings. The van der Waals surface area contributed by atoms with Crippen LogP contribution in [0.1, 0.15) is 11.6 Å². The van der Waals surface area contributed by atoms with Crippen molar-refractivity contribution in [2.24, 2.45) is 0 Å². The molecule has 0 amide bonds. The van der Waals surface area contributed by atoms with E-state index in [1.165, 1.54) is 12.1 Å². The van der Waals surface area contributed by atoms with Gasteiger partial charge in [-0.1, -0.05) is 0 Å². The van der Waals surface area contributed by atoms with Crippen LogP contribution in [0.15, 0.2) is 36.4 Å². The standard InChI is InChI=1S/C14H11FN2O4/c15-11-5-8(1-4-13(11)17(19)20)16-12-7-21-14-6-9(18)2-3-10(12)14/h1-6,12,16,18H,7H2. The molecule has 1 unspecified atom stereocenters. The third kappa shape index (κ3) is 2.45. The number of anilines is 1. The molecule has 108 valence electrons. The van der Waals surface area contributed by atoms with E-state index in [4.69, 9.17) is 4.74 Å². The van der Waals surface area contributed by atoms with Gasteiger partial charge >= 0.3 is 5.69 Å². The molecule has 0 bridgehead atoms. The number of phenolic OH excluding ortho intramolecular Hbond substituents is 1. The Balaban J connectivity index is 1.83. The molecule has 6 nitrogen and oxygen atoms in total. The number of hydrogen-bond acceptors (Lipinski definition) is 5. The molecule has 3 rings (SSSR count). The number of benzene rings is 2. The third-order valence-corrected chi connectivity index (χ3v) is 3.26. The lowest BCUT2D eigenvalue weighted by atomic mass is 10.1. The van der Waals surface area contributed by atoms with E-state index in [1.54, 1.807) is 12.1 Å². The highest BCUT2D eigenvalue weighted by molar-refractivity contribution is 5.54. The Morgan fingerprint density at radius 2 is 2.14 bits per heavy atom. The predicted molar refractivity (Wildman–Crippen MR) is 73.0 cm³/mol. The maximum absolute atomic E-state index is 13.6. The first kappa shape index (κ1) is 13.2. The van der Waals surface area contributed by atoms with Crippen LogP contribution < -0.4 is 10.1 Å². The number of ether oxygens (including phenoxy) is 1. The molecule has 1 aliphatic heterocycles. The van der Waals surface area contributed by atoms with Crippen molar-refractivity contribution in [3.05, 3.63) is 57.9 Å². The van der Waals surface area contributed by atoms with Crippen LogP contribution in [0.4, 0.5) is 15.8 Å². The predicted octanol–water partition coefficient (Wildman–Crippen LogP) is 2.99. The van der Waals surface area contributed by atoms with Gasteiger partial charge in [-0.3, -0.25) is 10.1 Å². The summed E-state index contributed by atoms with van der Waals surface area (Å²) >= 11 is 0. The molecule has 7 heteroatoms. The molecule has 1 aliphatic rings.